The molecule has 1 unspecified atom stereocenters. The van der Waals surface area contributed by atoms with E-state index in [4.69, 9.17) is 0 Å². The maximum Gasteiger partial charge on any atom is 0.168 e. The van der Waals surface area contributed by atoms with Gasteiger partial charge in [-0.15, -0.1) is 0 Å². The van der Waals surface area contributed by atoms with Crippen molar-refractivity contribution in [3.05, 3.63) is 53.6 Å². The zero-order chi connectivity index (χ0) is 14.5. The molecule has 0 aliphatic carbocycles. The third-order valence-corrected chi connectivity index (χ3v) is 2.93. The predicted octanol–water partition coefficient (Wildman–Crippen LogP) is 3.96. The molecule has 5 heteroatoms. The summed E-state index contributed by atoms with van der Waals surface area (Å²) >= 11 is 0. The minimum Gasteiger partial charge on any atom is -0.368 e. The van der Waals surface area contributed by atoms with Crippen molar-refractivity contribution in [3.63, 3.8) is 0 Å². The molecule has 0 spiro atoms. The van der Waals surface area contributed by atoms with E-state index in [-0.39, 0.29) is 17.7 Å². The van der Waals surface area contributed by atoms with E-state index in [2.05, 4.69) is 15.6 Å². The van der Waals surface area contributed by atoms with Crippen LogP contribution in [-0.2, 0) is 0 Å². The highest BCUT2D eigenvalue weighted by Gasteiger charge is 2.14. The van der Waals surface area contributed by atoms with Gasteiger partial charge in [0.2, 0.25) is 0 Å². The molecule has 0 aliphatic heterocycles. The molecule has 0 bridgehead atoms. The first-order chi connectivity index (χ1) is 9.61. The molecular weight excluding hydrogens is 260 g/mol. The van der Waals surface area contributed by atoms with E-state index >= 15 is 0 Å². The van der Waals surface area contributed by atoms with Crippen molar-refractivity contribution in [1.29, 1.82) is 0 Å². The van der Waals surface area contributed by atoms with Crippen molar-refractivity contribution in [2.45, 2.75) is 19.9 Å². The molecule has 2 N–H and O–H groups in total. The lowest BCUT2D eigenvalue weighted by atomic mass is 10.1. The molecule has 0 saturated heterocycles. The van der Waals surface area contributed by atoms with Crippen molar-refractivity contribution < 1.29 is 8.78 Å². The monoisotopic (exact) mass is 277 g/mol. The van der Waals surface area contributed by atoms with Crippen LogP contribution in [0.1, 0.15) is 25.5 Å². The molecule has 0 radical (unpaired) electrons. The van der Waals surface area contributed by atoms with Crippen LogP contribution in [0, 0.1) is 11.6 Å². The van der Waals surface area contributed by atoms with Crippen LogP contribution >= 0.6 is 0 Å². The molecule has 0 amide bonds. The number of rotatable bonds is 5. The van der Waals surface area contributed by atoms with Crippen LogP contribution in [0.2, 0.25) is 0 Å². The molecule has 0 aliphatic rings. The van der Waals surface area contributed by atoms with E-state index in [1.165, 1.54) is 0 Å². The number of pyridine rings is 1. The highest BCUT2D eigenvalue weighted by Crippen LogP contribution is 2.23. The number of nitrogens with one attached hydrogen (secondary N) is 2. The summed E-state index contributed by atoms with van der Waals surface area (Å²) in [5.41, 5.74) is 1.00. The standard InChI is InChI=1S/C15H17F2N3/c1-3-18-14-12(16)9-13(17)15(20-14)19-10(2)11-7-5-4-6-8-11/h4-10H,3H2,1-2H3,(H2,18,19,20). The van der Waals surface area contributed by atoms with Crippen LogP contribution < -0.4 is 10.6 Å². The zero-order valence-electron chi connectivity index (χ0n) is 11.5. The number of benzene rings is 1. The van der Waals surface area contributed by atoms with Crippen LogP contribution in [0.15, 0.2) is 36.4 Å². The molecule has 0 saturated carbocycles. The molecule has 1 aromatic heterocycles. The second-order valence-electron chi connectivity index (χ2n) is 4.46. The number of hydrogen-bond acceptors (Lipinski definition) is 3. The summed E-state index contributed by atoms with van der Waals surface area (Å²) in [5.74, 6) is -1.30. The van der Waals surface area contributed by atoms with Crippen molar-refractivity contribution in [2.75, 3.05) is 17.2 Å². The molecule has 2 rings (SSSR count). The first-order valence-electron chi connectivity index (χ1n) is 6.53. The number of aromatic nitrogens is 1. The maximum absolute atomic E-state index is 13.8. The highest BCUT2D eigenvalue weighted by molar-refractivity contribution is 5.48. The molecule has 3 nitrogen and oxygen atoms in total. The number of halogens is 2. The molecule has 106 valence electrons. The summed E-state index contributed by atoms with van der Waals surface area (Å²) in [6, 6.07) is 10.3. The lowest BCUT2D eigenvalue weighted by Crippen LogP contribution is -2.12. The average Bonchev–Trinajstić information content (AvgIpc) is 2.45. The Morgan fingerprint density at radius 1 is 1.10 bits per heavy atom. The van der Waals surface area contributed by atoms with E-state index in [0.29, 0.717) is 6.54 Å². The lowest BCUT2D eigenvalue weighted by Gasteiger charge is -2.16. The largest absolute Gasteiger partial charge is 0.368 e. The Hall–Kier alpha value is -2.17. The Labute approximate surface area is 117 Å². The first-order valence-corrected chi connectivity index (χ1v) is 6.53. The van der Waals surface area contributed by atoms with E-state index in [0.717, 1.165) is 11.6 Å². The Balaban J connectivity index is 2.22. The second kappa shape index (κ2) is 6.32. The van der Waals surface area contributed by atoms with Gasteiger partial charge in [0, 0.05) is 12.6 Å². The van der Waals surface area contributed by atoms with E-state index in [1.807, 2.05) is 44.2 Å². The van der Waals surface area contributed by atoms with Crippen LogP contribution in [0.25, 0.3) is 0 Å². The molecule has 0 fully saturated rings. The average molecular weight is 277 g/mol. The van der Waals surface area contributed by atoms with Gasteiger partial charge < -0.3 is 10.6 Å². The topological polar surface area (TPSA) is 37.0 Å². The van der Waals surface area contributed by atoms with E-state index in [9.17, 15) is 8.78 Å². The Morgan fingerprint density at radius 2 is 1.75 bits per heavy atom. The fourth-order valence-corrected chi connectivity index (χ4v) is 1.89. The summed E-state index contributed by atoms with van der Waals surface area (Å²) < 4.78 is 27.2. The minimum absolute atomic E-state index is 0.0405. The Bertz CT molecular complexity index is 573. The minimum atomic E-state index is -0.702. The summed E-state index contributed by atoms with van der Waals surface area (Å²) in [7, 11) is 0. The fraction of sp³-hybridized carbons (Fsp3) is 0.267. The van der Waals surface area contributed by atoms with E-state index < -0.39 is 11.6 Å². The maximum atomic E-state index is 13.8. The van der Waals surface area contributed by atoms with Gasteiger partial charge in [0.25, 0.3) is 0 Å². The molecule has 1 aromatic carbocycles. The number of anilines is 2. The summed E-state index contributed by atoms with van der Waals surface area (Å²) in [5, 5.41) is 5.72. The van der Waals surface area contributed by atoms with Crippen molar-refractivity contribution >= 4 is 11.6 Å². The van der Waals surface area contributed by atoms with Gasteiger partial charge in [-0.05, 0) is 19.4 Å². The smallest absolute Gasteiger partial charge is 0.168 e. The number of hydrogen-bond donors (Lipinski definition) is 2. The van der Waals surface area contributed by atoms with Gasteiger partial charge in [-0.3, -0.25) is 0 Å². The van der Waals surface area contributed by atoms with Gasteiger partial charge in [-0.1, -0.05) is 30.3 Å². The number of nitrogens with zero attached hydrogens (tertiary/aromatic N) is 1. The zero-order valence-corrected chi connectivity index (χ0v) is 11.5. The third kappa shape index (κ3) is 3.23. The summed E-state index contributed by atoms with van der Waals surface area (Å²) in [4.78, 5) is 3.95. The van der Waals surface area contributed by atoms with Crippen LogP contribution in [0.4, 0.5) is 20.4 Å². The van der Waals surface area contributed by atoms with Gasteiger partial charge in [0.1, 0.15) is 0 Å². The van der Waals surface area contributed by atoms with Gasteiger partial charge in [0.15, 0.2) is 23.3 Å². The Kier molecular flexibility index (Phi) is 4.50. The van der Waals surface area contributed by atoms with Gasteiger partial charge >= 0.3 is 0 Å². The molecule has 1 heterocycles. The Morgan fingerprint density at radius 3 is 2.40 bits per heavy atom. The van der Waals surface area contributed by atoms with Crippen molar-refractivity contribution in [2.24, 2.45) is 0 Å². The van der Waals surface area contributed by atoms with E-state index in [1.54, 1.807) is 0 Å². The lowest BCUT2D eigenvalue weighted by molar-refractivity contribution is 0.576. The summed E-state index contributed by atoms with van der Waals surface area (Å²) in [6.07, 6.45) is 0. The second-order valence-corrected chi connectivity index (χ2v) is 4.46. The first kappa shape index (κ1) is 14.2. The molecule has 1 atom stereocenters. The fourth-order valence-electron chi connectivity index (χ4n) is 1.89. The highest BCUT2D eigenvalue weighted by atomic mass is 19.1. The van der Waals surface area contributed by atoms with Crippen molar-refractivity contribution in [1.82, 2.24) is 4.98 Å². The third-order valence-electron chi connectivity index (χ3n) is 2.93. The van der Waals surface area contributed by atoms with Gasteiger partial charge in [-0.2, -0.15) is 0 Å². The summed E-state index contributed by atoms with van der Waals surface area (Å²) in [6.45, 7) is 4.24. The van der Waals surface area contributed by atoms with Crippen molar-refractivity contribution in [3.8, 4) is 0 Å². The predicted molar refractivity (Wildman–Crippen MR) is 76.8 cm³/mol. The normalized spacial score (nSPS) is 12.0. The van der Waals surface area contributed by atoms with Gasteiger partial charge in [-0.25, -0.2) is 13.8 Å². The van der Waals surface area contributed by atoms with Crippen LogP contribution in [0.3, 0.4) is 0 Å². The van der Waals surface area contributed by atoms with Crippen LogP contribution in [-0.4, -0.2) is 11.5 Å². The quantitative estimate of drug-likeness (QED) is 0.868. The van der Waals surface area contributed by atoms with Crippen LogP contribution in [0.5, 0.6) is 0 Å². The van der Waals surface area contributed by atoms with Gasteiger partial charge in [0.05, 0.1) is 6.04 Å². The SMILES string of the molecule is CCNc1nc(NC(C)c2ccccc2)c(F)cc1F. The molecular formula is C15H17F2N3. The molecule has 2 aromatic rings. The molecule has 20 heavy (non-hydrogen) atoms.